The molecule has 1 saturated carbocycles. The van der Waals surface area contributed by atoms with Crippen molar-refractivity contribution in [2.24, 2.45) is 5.92 Å². The molecule has 0 radical (unpaired) electrons. The fourth-order valence-electron chi connectivity index (χ4n) is 2.02. The lowest BCUT2D eigenvalue weighted by atomic mass is 9.95. The first-order chi connectivity index (χ1) is 7.15. The minimum Gasteiger partial charge on any atom is -0.481 e. The summed E-state index contributed by atoms with van der Waals surface area (Å²) in [5.41, 5.74) is 0. The van der Waals surface area contributed by atoms with Crippen LogP contribution in [0.15, 0.2) is 0 Å². The summed E-state index contributed by atoms with van der Waals surface area (Å²) in [6.07, 6.45) is 4.38. The Balaban J connectivity index is 2.61. The summed E-state index contributed by atoms with van der Waals surface area (Å²) in [5.74, 6) is -1.25. The molecular formula is C10H18N2O3. The quantitative estimate of drug-likeness (QED) is 0.599. The Morgan fingerprint density at radius 2 is 1.87 bits per heavy atom. The van der Waals surface area contributed by atoms with Crippen molar-refractivity contribution in [3.8, 4) is 0 Å². The Kier molecular flexibility index (Phi) is 4.39. The molecule has 1 fully saturated rings. The van der Waals surface area contributed by atoms with E-state index in [1.807, 2.05) is 0 Å². The van der Waals surface area contributed by atoms with Gasteiger partial charge in [-0.05, 0) is 12.8 Å². The number of hydrogen-bond acceptors (Lipinski definition) is 2. The second-order valence-electron chi connectivity index (χ2n) is 3.91. The number of carbonyl (C=O) groups is 2. The van der Waals surface area contributed by atoms with Gasteiger partial charge in [0, 0.05) is 13.1 Å². The van der Waals surface area contributed by atoms with E-state index in [9.17, 15) is 9.59 Å². The maximum Gasteiger partial charge on any atom is 0.314 e. The second kappa shape index (κ2) is 5.58. The van der Waals surface area contributed by atoms with Crippen LogP contribution in [0.2, 0.25) is 0 Å². The number of amides is 2. The molecule has 0 heterocycles. The second-order valence-corrected chi connectivity index (χ2v) is 3.91. The van der Waals surface area contributed by atoms with Crippen molar-refractivity contribution in [2.45, 2.75) is 38.1 Å². The van der Waals surface area contributed by atoms with Crippen LogP contribution in [0.5, 0.6) is 0 Å². The predicted octanol–water partition coefficient (Wildman–Crippen LogP) is 0.949. The highest BCUT2D eigenvalue weighted by Gasteiger charge is 2.30. The molecule has 2 amide bonds. The SMILES string of the molecule is CNC(=O)NC1CCCCCC1C(=O)O. The minimum absolute atomic E-state index is 0.232. The molecular weight excluding hydrogens is 196 g/mol. The molecule has 2 unspecified atom stereocenters. The lowest BCUT2D eigenvalue weighted by Crippen LogP contribution is -2.46. The maximum atomic E-state index is 11.1. The third kappa shape index (κ3) is 3.42. The van der Waals surface area contributed by atoms with Crippen molar-refractivity contribution in [3.05, 3.63) is 0 Å². The largest absolute Gasteiger partial charge is 0.481 e. The minimum atomic E-state index is -0.807. The molecule has 15 heavy (non-hydrogen) atoms. The first-order valence-corrected chi connectivity index (χ1v) is 5.36. The molecule has 0 spiro atoms. The number of carbonyl (C=O) groups excluding carboxylic acids is 1. The van der Waals surface area contributed by atoms with Crippen LogP contribution in [-0.2, 0) is 4.79 Å². The first kappa shape index (κ1) is 11.8. The summed E-state index contributed by atoms with van der Waals surface area (Å²) >= 11 is 0. The normalized spacial score (nSPS) is 26.5. The first-order valence-electron chi connectivity index (χ1n) is 5.36. The molecule has 0 aliphatic heterocycles. The number of rotatable bonds is 2. The van der Waals surface area contributed by atoms with Crippen LogP contribution >= 0.6 is 0 Å². The smallest absolute Gasteiger partial charge is 0.314 e. The van der Waals surface area contributed by atoms with Crippen molar-refractivity contribution in [1.29, 1.82) is 0 Å². The van der Waals surface area contributed by atoms with Gasteiger partial charge < -0.3 is 15.7 Å². The molecule has 1 aliphatic rings. The number of aliphatic carboxylic acids is 1. The van der Waals surface area contributed by atoms with Crippen molar-refractivity contribution in [1.82, 2.24) is 10.6 Å². The molecule has 0 bridgehead atoms. The average Bonchev–Trinajstić information content (AvgIpc) is 2.43. The van der Waals surface area contributed by atoms with Crippen molar-refractivity contribution in [2.75, 3.05) is 7.05 Å². The van der Waals surface area contributed by atoms with E-state index >= 15 is 0 Å². The fraction of sp³-hybridized carbons (Fsp3) is 0.800. The number of urea groups is 1. The highest BCUT2D eigenvalue weighted by Crippen LogP contribution is 2.23. The van der Waals surface area contributed by atoms with Gasteiger partial charge in [0.05, 0.1) is 5.92 Å². The van der Waals surface area contributed by atoms with Crippen LogP contribution in [0.1, 0.15) is 32.1 Å². The van der Waals surface area contributed by atoms with Gasteiger partial charge in [0.25, 0.3) is 0 Å². The van der Waals surface area contributed by atoms with Gasteiger partial charge in [-0.3, -0.25) is 4.79 Å². The summed E-state index contributed by atoms with van der Waals surface area (Å²) in [5, 5.41) is 14.2. The number of nitrogens with one attached hydrogen (secondary N) is 2. The van der Waals surface area contributed by atoms with Gasteiger partial charge in [-0.15, -0.1) is 0 Å². The van der Waals surface area contributed by atoms with Gasteiger partial charge in [-0.1, -0.05) is 19.3 Å². The zero-order valence-corrected chi connectivity index (χ0v) is 8.95. The van der Waals surface area contributed by atoms with E-state index in [0.29, 0.717) is 6.42 Å². The monoisotopic (exact) mass is 214 g/mol. The summed E-state index contributed by atoms with van der Waals surface area (Å²) in [4.78, 5) is 22.2. The molecule has 86 valence electrons. The van der Waals surface area contributed by atoms with Crippen LogP contribution in [0, 0.1) is 5.92 Å². The number of carboxylic acid groups (broad SMARTS) is 1. The predicted molar refractivity (Wildman–Crippen MR) is 55.6 cm³/mol. The van der Waals surface area contributed by atoms with E-state index in [0.717, 1.165) is 25.7 Å². The summed E-state index contributed by atoms with van der Waals surface area (Å²) in [6.45, 7) is 0. The molecule has 0 saturated heterocycles. The van der Waals surface area contributed by atoms with E-state index in [2.05, 4.69) is 10.6 Å². The van der Waals surface area contributed by atoms with Gasteiger partial charge in [0.15, 0.2) is 0 Å². The lowest BCUT2D eigenvalue weighted by Gasteiger charge is -2.22. The van der Waals surface area contributed by atoms with Crippen LogP contribution in [-0.4, -0.2) is 30.2 Å². The van der Waals surface area contributed by atoms with Crippen molar-refractivity contribution >= 4 is 12.0 Å². The Morgan fingerprint density at radius 1 is 1.20 bits per heavy atom. The third-order valence-electron chi connectivity index (χ3n) is 2.88. The summed E-state index contributed by atoms with van der Waals surface area (Å²) < 4.78 is 0. The van der Waals surface area contributed by atoms with Crippen LogP contribution in [0.25, 0.3) is 0 Å². The molecule has 1 rings (SSSR count). The zero-order chi connectivity index (χ0) is 11.3. The van der Waals surface area contributed by atoms with Crippen molar-refractivity contribution < 1.29 is 14.7 Å². The van der Waals surface area contributed by atoms with Gasteiger partial charge in [0.2, 0.25) is 0 Å². The van der Waals surface area contributed by atoms with Crippen LogP contribution in [0.3, 0.4) is 0 Å². The average molecular weight is 214 g/mol. The molecule has 0 aromatic rings. The van der Waals surface area contributed by atoms with Gasteiger partial charge in [0.1, 0.15) is 0 Å². The Bertz CT molecular complexity index is 243. The Morgan fingerprint density at radius 3 is 2.47 bits per heavy atom. The van der Waals surface area contributed by atoms with Gasteiger partial charge in [-0.25, -0.2) is 4.79 Å². The van der Waals surface area contributed by atoms with E-state index < -0.39 is 11.9 Å². The standard InChI is InChI=1S/C10H18N2O3/c1-11-10(15)12-8-6-4-2-3-5-7(8)9(13)14/h7-8H,2-6H2,1H3,(H,13,14)(H2,11,12,15). The lowest BCUT2D eigenvalue weighted by molar-refractivity contribution is -0.142. The van der Waals surface area contributed by atoms with Gasteiger partial charge in [-0.2, -0.15) is 0 Å². The van der Waals surface area contributed by atoms with Crippen molar-refractivity contribution in [3.63, 3.8) is 0 Å². The molecule has 0 aromatic carbocycles. The third-order valence-corrected chi connectivity index (χ3v) is 2.88. The topological polar surface area (TPSA) is 78.4 Å². The Labute approximate surface area is 89.2 Å². The van der Waals surface area contributed by atoms with Crippen LogP contribution < -0.4 is 10.6 Å². The van der Waals surface area contributed by atoms with E-state index in [4.69, 9.17) is 5.11 Å². The van der Waals surface area contributed by atoms with E-state index in [-0.39, 0.29) is 12.1 Å². The van der Waals surface area contributed by atoms with Crippen LogP contribution in [0.4, 0.5) is 4.79 Å². The zero-order valence-electron chi connectivity index (χ0n) is 8.95. The Hall–Kier alpha value is -1.26. The highest BCUT2D eigenvalue weighted by atomic mass is 16.4. The van der Waals surface area contributed by atoms with Gasteiger partial charge >= 0.3 is 12.0 Å². The molecule has 5 nitrogen and oxygen atoms in total. The summed E-state index contributed by atoms with van der Waals surface area (Å²) in [6, 6.07) is -0.530. The molecule has 5 heteroatoms. The number of carboxylic acids is 1. The van der Waals surface area contributed by atoms with E-state index in [1.165, 1.54) is 7.05 Å². The summed E-state index contributed by atoms with van der Waals surface area (Å²) in [7, 11) is 1.53. The number of hydrogen-bond donors (Lipinski definition) is 3. The van der Waals surface area contributed by atoms with E-state index in [1.54, 1.807) is 0 Å². The molecule has 3 N–H and O–H groups in total. The molecule has 2 atom stereocenters. The fourth-order valence-corrected chi connectivity index (χ4v) is 2.02. The highest BCUT2D eigenvalue weighted by molar-refractivity contribution is 5.76. The maximum absolute atomic E-state index is 11.1. The molecule has 1 aliphatic carbocycles. The molecule has 0 aromatic heterocycles.